The van der Waals surface area contributed by atoms with E-state index in [9.17, 15) is 0 Å². The van der Waals surface area contributed by atoms with Gasteiger partial charge in [-0.05, 0) is 0 Å². The molecule has 0 rings (SSSR count). The van der Waals surface area contributed by atoms with Gasteiger partial charge in [0, 0.05) is 0 Å². The summed E-state index contributed by atoms with van der Waals surface area (Å²) in [5.41, 5.74) is 0. The summed E-state index contributed by atoms with van der Waals surface area (Å²) in [7, 11) is 0. The molecule has 18 N–H and O–H groups in total. The standard InChI is InChI=1S/Al.NO3.9H2O/c;2-1(3)4;;;;;;;;;/h;;9*1H2/q+3;-1;;;;;;;;;. The van der Waals surface area contributed by atoms with Gasteiger partial charge in [-0.15, -0.1) is 0 Å². The Morgan fingerprint density at radius 2 is 0.571 bits per heavy atom. The van der Waals surface area contributed by atoms with Crippen LogP contribution in [0.3, 0.4) is 0 Å². The van der Waals surface area contributed by atoms with Gasteiger partial charge < -0.3 is 64.6 Å². The molecule has 14 heavy (non-hydrogen) atoms. The molecule has 0 heterocycles. The summed E-state index contributed by atoms with van der Waals surface area (Å²) >= 11 is 0. The summed E-state index contributed by atoms with van der Waals surface area (Å²) in [6, 6.07) is 0. The van der Waals surface area contributed by atoms with E-state index in [1.54, 1.807) is 0 Å². The first-order valence-electron chi connectivity index (χ1n) is 0.548. The van der Waals surface area contributed by atoms with E-state index in [4.69, 9.17) is 15.3 Å². The largest absolute Gasteiger partial charge is 3.00 e. The van der Waals surface area contributed by atoms with E-state index in [0.29, 0.717) is 0 Å². The number of rotatable bonds is 0. The maximum absolute atomic E-state index is 8.25. The molecule has 0 radical (unpaired) electrons. The fraction of sp³-hybridized carbons (Fsp3) is 0. The third-order valence-electron chi connectivity index (χ3n) is 0. The van der Waals surface area contributed by atoms with Crippen molar-refractivity contribution in [2.45, 2.75) is 0 Å². The molecular formula is H18AlNO12+2. The van der Waals surface area contributed by atoms with E-state index in [2.05, 4.69) is 0 Å². The Morgan fingerprint density at radius 1 is 0.571 bits per heavy atom. The molecule has 0 bridgehead atoms. The molecule has 0 aliphatic carbocycles. The fourth-order valence-electron chi connectivity index (χ4n) is 0. The monoisotopic (exact) mass is 251 g/mol. The molecule has 14 heteroatoms. The van der Waals surface area contributed by atoms with Crippen molar-refractivity contribution < 1.29 is 54.4 Å². The van der Waals surface area contributed by atoms with Crippen molar-refractivity contribution in [1.82, 2.24) is 0 Å². The SMILES string of the molecule is O.O.O.O.O.O.O.O.O.O=[N+]([O-])[O-].[Al+3]. The van der Waals surface area contributed by atoms with Crippen LogP contribution in [0.15, 0.2) is 0 Å². The Labute approximate surface area is 88.0 Å². The topological polar surface area (TPSA) is 350 Å². The third-order valence-corrected chi connectivity index (χ3v) is 0. The fourth-order valence-corrected chi connectivity index (χ4v) is 0. The molecule has 0 saturated carbocycles. The van der Waals surface area contributed by atoms with Crippen LogP contribution in [0.1, 0.15) is 0 Å². The zero-order valence-electron chi connectivity index (χ0n) is 6.75. The first kappa shape index (κ1) is 364. The predicted molar refractivity (Wildman–Crippen MR) is 48.6 cm³/mol. The van der Waals surface area contributed by atoms with Gasteiger partial charge in [-0.1, -0.05) is 0 Å². The summed E-state index contributed by atoms with van der Waals surface area (Å²) in [5.74, 6) is 0. The molecule has 0 aliphatic rings. The summed E-state index contributed by atoms with van der Waals surface area (Å²) in [6.07, 6.45) is 0. The Hall–Kier alpha value is -0.628. The molecule has 0 atom stereocenters. The Bertz CT molecular complexity index is 33.3. The van der Waals surface area contributed by atoms with Crippen LogP contribution in [0.4, 0.5) is 0 Å². The van der Waals surface area contributed by atoms with E-state index in [0.717, 1.165) is 0 Å². The van der Waals surface area contributed by atoms with E-state index >= 15 is 0 Å². The maximum Gasteiger partial charge on any atom is 3.00 e. The molecule has 13 nitrogen and oxygen atoms in total. The predicted octanol–water partition coefficient (Wildman–Crippen LogP) is -8.04. The Balaban J connectivity index is -0.000000001000. The average molecular weight is 251 g/mol. The number of hydrogen-bond acceptors (Lipinski definition) is 3. The van der Waals surface area contributed by atoms with Crippen LogP contribution in [-0.4, -0.2) is 71.7 Å². The molecule has 0 amide bonds. The van der Waals surface area contributed by atoms with Crippen molar-refractivity contribution in [3.05, 3.63) is 15.3 Å². The van der Waals surface area contributed by atoms with Gasteiger partial charge >= 0.3 is 17.4 Å². The quantitative estimate of drug-likeness (QED) is 0.229. The molecule has 0 fully saturated rings. The van der Waals surface area contributed by atoms with Crippen LogP contribution >= 0.6 is 0 Å². The van der Waals surface area contributed by atoms with Crippen LogP contribution in [0.25, 0.3) is 0 Å². The van der Waals surface area contributed by atoms with Crippen molar-refractivity contribution >= 4 is 17.4 Å². The summed E-state index contributed by atoms with van der Waals surface area (Å²) in [5, 5.41) is 14.8. The van der Waals surface area contributed by atoms with Gasteiger partial charge in [0.25, 0.3) is 0 Å². The summed E-state index contributed by atoms with van der Waals surface area (Å²) in [6.45, 7) is 0. The van der Waals surface area contributed by atoms with Crippen LogP contribution in [-0.2, 0) is 0 Å². The molecule has 0 saturated heterocycles. The van der Waals surface area contributed by atoms with Gasteiger partial charge in [-0.25, -0.2) is 0 Å². The van der Waals surface area contributed by atoms with Gasteiger partial charge in [0.05, 0.1) is 5.09 Å². The molecular weight excluding hydrogens is 233 g/mol. The van der Waals surface area contributed by atoms with Crippen LogP contribution < -0.4 is 0 Å². The van der Waals surface area contributed by atoms with E-state index in [-0.39, 0.29) is 66.6 Å². The second-order valence-corrected chi connectivity index (χ2v) is 0.224. The zero-order chi connectivity index (χ0) is 3.58. The van der Waals surface area contributed by atoms with Crippen molar-refractivity contribution in [3.63, 3.8) is 0 Å². The third kappa shape index (κ3) is 3110. The maximum atomic E-state index is 8.25. The first-order chi connectivity index (χ1) is 1.73. The van der Waals surface area contributed by atoms with Crippen molar-refractivity contribution in [2.75, 3.05) is 0 Å². The minimum absolute atomic E-state index is 0. The second kappa shape index (κ2) is 284. The Kier molecular flexibility index (Phi) is 7390. The van der Waals surface area contributed by atoms with Crippen molar-refractivity contribution in [3.8, 4) is 0 Å². The minimum Gasteiger partial charge on any atom is -0.412 e. The smallest absolute Gasteiger partial charge is 0.412 e. The van der Waals surface area contributed by atoms with Crippen LogP contribution in [0.2, 0.25) is 0 Å². The molecule has 96 valence electrons. The molecule has 0 aromatic carbocycles. The van der Waals surface area contributed by atoms with E-state index in [1.807, 2.05) is 0 Å². The molecule has 0 unspecified atom stereocenters. The van der Waals surface area contributed by atoms with Gasteiger partial charge in [-0.3, -0.25) is 0 Å². The molecule has 0 aliphatic heterocycles. The number of hydrogen-bond donors (Lipinski definition) is 0. The zero-order valence-corrected chi connectivity index (χ0v) is 7.90. The normalized spacial score (nSPS) is 1.71. The van der Waals surface area contributed by atoms with Crippen LogP contribution in [0, 0.1) is 15.3 Å². The first-order valence-corrected chi connectivity index (χ1v) is 0.548. The van der Waals surface area contributed by atoms with Crippen molar-refractivity contribution in [1.29, 1.82) is 0 Å². The molecule has 0 spiro atoms. The van der Waals surface area contributed by atoms with Gasteiger partial charge in [0.15, 0.2) is 0 Å². The van der Waals surface area contributed by atoms with E-state index < -0.39 is 5.09 Å². The average Bonchev–Trinajstić information content (AvgIpc) is 0.811. The Morgan fingerprint density at radius 3 is 0.571 bits per heavy atom. The van der Waals surface area contributed by atoms with E-state index in [1.165, 1.54) is 0 Å². The van der Waals surface area contributed by atoms with Gasteiger partial charge in [-0.2, -0.15) is 0 Å². The van der Waals surface area contributed by atoms with Gasteiger partial charge in [0.1, 0.15) is 0 Å². The summed E-state index contributed by atoms with van der Waals surface area (Å²) < 4.78 is 0. The van der Waals surface area contributed by atoms with Crippen molar-refractivity contribution in [2.24, 2.45) is 0 Å². The minimum atomic E-state index is -1.75. The number of nitrogens with zero attached hydrogens (tertiary/aromatic N) is 1. The second-order valence-electron chi connectivity index (χ2n) is 0.224. The molecule has 0 aromatic heterocycles. The molecule has 0 aromatic rings. The van der Waals surface area contributed by atoms with Gasteiger partial charge in [0.2, 0.25) is 0 Å². The van der Waals surface area contributed by atoms with Crippen LogP contribution in [0.5, 0.6) is 0 Å². The summed E-state index contributed by atoms with van der Waals surface area (Å²) in [4.78, 5) is 8.25.